The van der Waals surface area contributed by atoms with E-state index in [-0.39, 0.29) is 0 Å². The van der Waals surface area contributed by atoms with Crippen LogP contribution in [0.2, 0.25) is 0 Å². The van der Waals surface area contributed by atoms with Gasteiger partial charge in [0.25, 0.3) is 0 Å². The molecule has 18 heavy (non-hydrogen) atoms. The van der Waals surface area contributed by atoms with Gasteiger partial charge >= 0.3 is 0 Å². The number of nitrogens with zero attached hydrogens (tertiary/aromatic N) is 2. The van der Waals surface area contributed by atoms with Crippen LogP contribution in [0.1, 0.15) is 18.4 Å². The molecule has 0 atom stereocenters. The fraction of sp³-hybridized carbons (Fsp3) is 0.400. The molecule has 1 fully saturated rings. The van der Waals surface area contributed by atoms with Gasteiger partial charge in [0.2, 0.25) is 0 Å². The molecule has 1 aliphatic carbocycles. The van der Waals surface area contributed by atoms with E-state index in [1.807, 2.05) is 6.07 Å². The van der Waals surface area contributed by atoms with Crippen LogP contribution in [0.4, 0.5) is 5.69 Å². The first-order chi connectivity index (χ1) is 8.78. The third-order valence-corrected chi connectivity index (χ3v) is 3.12. The van der Waals surface area contributed by atoms with Crippen molar-refractivity contribution in [2.75, 3.05) is 25.1 Å². The highest BCUT2D eigenvalue weighted by Gasteiger charge is 2.25. The molecular weight excluding hydrogens is 224 g/mol. The Hall–Kier alpha value is -2.13. The maximum Gasteiger partial charge on any atom is 0.121 e. The lowest BCUT2D eigenvalue weighted by Crippen LogP contribution is -2.26. The predicted molar refractivity (Wildman–Crippen MR) is 71.5 cm³/mol. The minimum absolute atomic E-state index is 0.526. The van der Waals surface area contributed by atoms with Crippen molar-refractivity contribution in [1.82, 2.24) is 0 Å². The molecule has 1 aliphatic rings. The molecule has 0 unspecified atom stereocenters. The van der Waals surface area contributed by atoms with Crippen molar-refractivity contribution in [3.05, 3.63) is 23.8 Å². The van der Waals surface area contributed by atoms with Gasteiger partial charge in [-0.25, -0.2) is 0 Å². The molecular formula is C15H16N2O. The van der Waals surface area contributed by atoms with Crippen molar-refractivity contribution in [3.8, 4) is 24.2 Å². The van der Waals surface area contributed by atoms with E-state index in [1.54, 1.807) is 19.2 Å². The van der Waals surface area contributed by atoms with E-state index in [9.17, 15) is 5.26 Å². The number of benzene rings is 1. The Kier molecular flexibility index (Phi) is 3.75. The highest BCUT2D eigenvalue weighted by Crippen LogP contribution is 2.33. The molecule has 0 saturated heterocycles. The van der Waals surface area contributed by atoms with E-state index in [2.05, 4.69) is 16.9 Å². The molecule has 1 saturated carbocycles. The summed E-state index contributed by atoms with van der Waals surface area (Å²) in [4.78, 5) is 2.10. The predicted octanol–water partition coefficient (Wildman–Crippen LogP) is 2.42. The molecule has 0 aromatic heterocycles. The summed E-state index contributed by atoms with van der Waals surface area (Å²) in [5.74, 6) is 4.13. The summed E-state index contributed by atoms with van der Waals surface area (Å²) >= 11 is 0. The van der Waals surface area contributed by atoms with E-state index in [4.69, 9.17) is 11.2 Å². The molecule has 0 spiro atoms. The highest BCUT2D eigenvalue weighted by atomic mass is 16.5. The van der Waals surface area contributed by atoms with Crippen LogP contribution in [0.15, 0.2) is 18.2 Å². The molecule has 0 heterocycles. The molecule has 0 N–H and O–H groups in total. The first-order valence-corrected chi connectivity index (χ1v) is 6.05. The number of rotatable bonds is 5. The van der Waals surface area contributed by atoms with Crippen LogP contribution >= 0.6 is 0 Å². The Bertz CT molecular complexity index is 506. The van der Waals surface area contributed by atoms with E-state index in [1.165, 1.54) is 12.8 Å². The average Bonchev–Trinajstić information content (AvgIpc) is 3.21. The largest absolute Gasteiger partial charge is 0.497 e. The van der Waals surface area contributed by atoms with Gasteiger partial charge in [-0.05, 0) is 30.9 Å². The summed E-state index contributed by atoms with van der Waals surface area (Å²) < 4.78 is 5.22. The molecule has 0 aliphatic heterocycles. The number of nitriles is 1. The fourth-order valence-electron chi connectivity index (χ4n) is 1.96. The Morgan fingerprint density at radius 1 is 1.50 bits per heavy atom. The summed E-state index contributed by atoms with van der Waals surface area (Å²) in [6, 6.07) is 7.68. The number of terminal acetylenes is 1. The topological polar surface area (TPSA) is 36.3 Å². The quantitative estimate of drug-likeness (QED) is 0.742. The van der Waals surface area contributed by atoms with Crippen molar-refractivity contribution in [2.45, 2.75) is 12.8 Å². The lowest BCUT2D eigenvalue weighted by Gasteiger charge is -2.23. The first kappa shape index (κ1) is 12.3. The van der Waals surface area contributed by atoms with Gasteiger partial charge in [0.05, 0.1) is 24.9 Å². The number of ether oxygens (including phenoxy) is 1. The monoisotopic (exact) mass is 240 g/mol. The van der Waals surface area contributed by atoms with Crippen LogP contribution in [-0.4, -0.2) is 20.2 Å². The van der Waals surface area contributed by atoms with Crippen LogP contribution in [0.25, 0.3) is 0 Å². The number of anilines is 1. The first-order valence-electron chi connectivity index (χ1n) is 6.05. The third kappa shape index (κ3) is 2.76. The fourth-order valence-corrected chi connectivity index (χ4v) is 1.96. The van der Waals surface area contributed by atoms with E-state index >= 15 is 0 Å². The minimum atomic E-state index is 0.526. The van der Waals surface area contributed by atoms with Gasteiger partial charge in [0.15, 0.2) is 0 Å². The lowest BCUT2D eigenvalue weighted by molar-refractivity contribution is 0.414. The van der Waals surface area contributed by atoms with Gasteiger partial charge in [0, 0.05) is 12.6 Å². The SMILES string of the molecule is C#CCN(CC1CC1)c1cc(OC)ccc1C#N. The van der Waals surface area contributed by atoms with Crippen LogP contribution < -0.4 is 9.64 Å². The van der Waals surface area contributed by atoms with Gasteiger partial charge in [-0.1, -0.05) is 5.92 Å². The van der Waals surface area contributed by atoms with Crippen LogP contribution in [0.3, 0.4) is 0 Å². The van der Waals surface area contributed by atoms with Crippen molar-refractivity contribution in [2.24, 2.45) is 5.92 Å². The summed E-state index contributed by atoms with van der Waals surface area (Å²) in [5.41, 5.74) is 1.52. The average molecular weight is 240 g/mol. The Morgan fingerprint density at radius 2 is 2.28 bits per heavy atom. The van der Waals surface area contributed by atoms with E-state index in [0.29, 0.717) is 12.1 Å². The van der Waals surface area contributed by atoms with Gasteiger partial charge in [-0.15, -0.1) is 6.42 Å². The summed E-state index contributed by atoms with van der Waals surface area (Å²) in [6.45, 7) is 1.45. The van der Waals surface area contributed by atoms with Crippen molar-refractivity contribution in [3.63, 3.8) is 0 Å². The van der Waals surface area contributed by atoms with Crippen LogP contribution in [-0.2, 0) is 0 Å². The normalized spacial score (nSPS) is 13.5. The molecule has 0 amide bonds. The lowest BCUT2D eigenvalue weighted by atomic mass is 10.1. The molecule has 1 aromatic rings. The van der Waals surface area contributed by atoms with Crippen molar-refractivity contribution >= 4 is 5.69 Å². The molecule has 3 nitrogen and oxygen atoms in total. The van der Waals surface area contributed by atoms with Gasteiger partial charge in [-0.3, -0.25) is 0 Å². The highest BCUT2D eigenvalue weighted by molar-refractivity contribution is 5.62. The van der Waals surface area contributed by atoms with Crippen LogP contribution in [0, 0.1) is 29.6 Å². The molecule has 2 rings (SSSR count). The van der Waals surface area contributed by atoms with Gasteiger partial charge < -0.3 is 9.64 Å². The maximum absolute atomic E-state index is 9.18. The second-order valence-corrected chi connectivity index (χ2v) is 4.52. The zero-order valence-electron chi connectivity index (χ0n) is 10.5. The van der Waals surface area contributed by atoms with Crippen molar-refractivity contribution in [1.29, 1.82) is 5.26 Å². The van der Waals surface area contributed by atoms with Gasteiger partial charge in [-0.2, -0.15) is 5.26 Å². The van der Waals surface area contributed by atoms with E-state index < -0.39 is 0 Å². The summed E-state index contributed by atoms with van der Waals surface area (Å²) in [6.07, 6.45) is 7.93. The zero-order chi connectivity index (χ0) is 13.0. The van der Waals surface area contributed by atoms with Crippen molar-refractivity contribution < 1.29 is 4.74 Å². The molecule has 0 radical (unpaired) electrons. The zero-order valence-corrected chi connectivity index (χ0v) is 10.5. The second-order valence-electron chi connectivity index (χ2n) is 4.52. The molecule has 92 valence electrons. The Labute approximate surface area is 108 Å². The van der Waals surface area contributed by atoms with Gasteiger partial charge in [0.1, 0.15) is 11.8 Å². The third-order valence-electron chi connectivity index (χ3n) is 3.12. The molecule has 1 aromatic carbocycles. The Morgan fingerprint density at radius 3 is 2.83 bits per heavy atom. The van der Waals surface area contributed by atoms with E-state index in [0.717, 1.165) is 23.9 Å². The summed E-state index contributed by atoms with van der Waals surface area (Å²) in [5, 5.41) is 9.18. The number of hydrogen-bond donors (Lipinski definition) is 0. The smallest absolute Gasteiger partial charge is 0.121 e. The molecule has 3 heteroatoms. The second kappa shape index (κ2) is 5.47. The Balaban J connectivity index is 2.31. The van der Waals surface area contributed by atoms with Crippen LogP contribution in [0.5, 0.6) is 5.75 Å². The number of methoxy groups -OCH3 is 1. The molecule has 0 bridgehead atoms. The maximum atomic E-state index is 9.18. The summed E-state index contributed by atoms with van der Waals surface area (Å²) in [7, 11) is 1.62. The standard InChI is InChI=1S/C15H16N2O/c1-3-8-17(11-12-4-5-12)15-9-14(18-2)7-6-13(15)10-16/h1,6-7,9,12H,4-5,8,11H2,2H3. The minimum Gasteiger partial charge on any atom is -0.497 e. The number of hydrogen-bond acceptors (Lipinski definition) is 3.